The number of anilines is 4. The third-order valence-electron chi connectivity index (χ3n) is 4.04. The molecule has 0 radical (unpaired) electrons. The molecule has 0 amide bonds. The van der Waals surface area contributed by atoms with Crippen molar-refractivity contribution in [1.29, 1.82) is 0 Å². The Balaban J connectivity index is 1.88. The molecule has 6 nitrogen and oxygen atoms in total. The quantitative estimate of drug-likeness (QED) is 0.625. The molecule has 3 aromatic rings. The highest BCUT2D eigenvalue weighted by atomic mass is 16.4. The third kappa shape index (κ3) is 3.97. The van der Waals surface area contributed by atoms with E-state index in [0.29, 0.717) is 23.1 Å². The lowest BCUT2D eigenvalue weighted by Crippen LogP contribution is -2.05. The van der Waals surface area contributed by atoms with Gasteiger partial charge in [0.1, 0.15) is 17.5 Å². The Hall–Kier alpha value is -3.41. The Labute approximate surface area is 152 Å². The van der Waals surface area contributed by atoms with Gasteiger partial charge in [-0.15, -0.1) is 0 Å². The Bertz CT molecular complexity index is 970. The molecule has 1 heterocycles. The molecule has 0 saturated carbocycles. The number of benzene rings is 2. The number of nitrogens with zero attached hydrogens (tertiary/aromatic N) is 2. The molecule has 2 aromatic carbocycles. The molecule has 0 bridgehead atoms. The van der Waals surface area contributed by atoms with E-state index in [9.17, 15) is 9.90 Å². The zero-order valence-corrected chi connectivity index (χ0v) is 14.9. The Morgan fingerprint density at radius 3 is 2.27 bits per heavy atom. The van der Waals surface area contributed by atoms with Crippen molar-refractivity contribution in [1.82, 2.24) is 9.97 Å². The van der Waals surface area contributed by atoms with Gasteiger partial charge in [0.05, 0.1) is 11.3 Å². The van der Waals surface area contributed by atoms with Gasteiger partial charge in [-0.05, 0) is 56.2 Å². The number of carbonyl (C=O) groups is 1. The predicted octanol–water partition coefficient (Wildman–Crippen LogP) is 4.59. The van der Waals surface area contributed by atoms with Crippen LogP contribution in [-0.4, -0.2) is 21.0 Å². The molecule has 3 rings (SSSR count). The Morgan fingerprint density at radius 2 is 1.58 bits per heavy atom. The van der Waals surface area contributed by atoms with Crippen molar-refractivity contribution < 1.29 is 9.90 Å². The van der Waals surface area contributed by atoms with Gasteiger partial charge in [0.2, 0.25) is 0 Å². The van der Waals surface area contributed by atoms with Crippen molar-refractivity contribution in [2.24, 2.45) is 0 Å². The predicted molar refractivity (Wildman–Crippen MR) is 103 cm³/mol. The SMILES string of the molecule is Cc1nc(Nc2ccc(C)c(C)c2)cc(Nc2ccccc2C(=O)O)n1. The van der Waals surface area contributed by atoms with Gasteiger partial charge < -0.3 is 15.7 Å². The second-order valence-corrected chi connectivity index (χ2v) is 6.09. The summed E-state index contributed by atoms with van der Waals surface area (Å²) >= 11 is 0. The fourth-order valence-electron chi connectivity index (χ4n) is 2.58. The van der Waals surface area contributed by atoms with Crippen LogP contribution in [0.15, 0.2) is 48.5 Å². The molecule has 3 N–H and O–H groups in total. The smallest absolute Gasteiger partial charge is 0.337 e. The maximum atomic E-state index is 11.4. The van der Waals surface area contributed by atoms with E-state index in [1.807, 2.05) is 12.1 Å². The molecule has 0 fully saturated rings. The monoisotopic (exact) mass is 348 g/mol. The van der Waals surface area contributed by atoms with Crippen molar-refractivity contribution in [3.8, 4) is 0 Å². The van der Waals surface area contributed by atoms with Crippen LogP contribution in [0.4, 0.5) is 23.0 Å². The number of aryl methyl sites for hydroxylation is 3. The standard InChI is InChI=1S/C20H20N4O2/c1-12-8-9-15(10-13(12)2)23-18-11-19(22-14(3)21-18)24-17-7-5-4-6-16(17)20(25)26/h4-11H,1-3H3,(H,25,26)(H2,21,22,23,24). The molecule has 0 spiro atoms. The Kier molecular flexibility index (Phi) is 4.84. The zero-order chi connectivity index (χ0) is 18.7. The number of aromatic nitrogens is 2. The first-order valence-electron chi connectivity index (χ1n) is 8.21. The summed E-state index contributed by atoms with van der Waals surface area (Å²) in [6, 6.07) is 14.6. The number of carboxylic acid groups (broad SMARTS) is 1. The lowest BCUT2D eigenvalue weighted by molar-refractivity contribution is 0.0698. The number of rotatable bonds is 5. The van der Waals surface area contributed by atoms with E-state index in [-0.39, 0.29) is 5.56 Å². The molecule has 132 valence electrons. The molecule has 0 aliphatic carbocycles. The lowest BCUT2D eigenvalue weighted by atomic mass is 10.1. The summed E-state index contributed by atoms with van der Waals surface area (Å²) in [5.74, 6) is 0.745. The summed E-state index contributed by atoms with van der Waals surface area (Å²) in [6.07, 6.45) is 0. The summed E-state index contributed by atoms with van der Waals surface area (Å²) in [5.41, 5.74) is 4.02. The van der Waals surface area contributed by atoms with E-state index in [1.165, 1.54) is 11.1 Å². The van der Waals surface area contributed by atoms with Crippen LogP contribution < -0.4 is 10.6 Å². The van der Waals surface area contributed by atoms with Crippen LogP contribution in [0.3, 0.4) is 0 Å². The van der Waals surface area contributed by atoms with Gasteiger partial charge >= 0.3 is 5.97 Å². The van der Waals surface area contributed by atoms with E-state index < -0.39 is 5.97 Å². The summed E-state index contributed by atoms with van der Waals surface area (Å²) in [5, 5.41) is 15.6. The van der Waals surface area contributed by atoms with E-state index in [1.54, 1.807) is 37.3 Å². The van der Waals surface area contributed by atoms with Crippen molar-refractivity contribution in [3.05, 3.63) is 71.0 Å². The maximum Gasteiger partial charge on any atom is 0.337 e. The van der Waals surface area contributed by atoms with Gasteiger partial charge in [0, 0.05) is 11.8 Å². The number of nitrogens with one attached hydrogen (secondary N) is 2. The van der Waals surface area contributed by atoms with Gasteiger partial charge in [0.15, 0.2) is 0 Å². The first kappa shape index (κ1) is 17.4. The molecule has 1 aromatic heterocycles. The van der Waals surface area contributed by atoms with Crippen LogP contribution in [0.1, 0.15) is 27.3 Å². The van der Waals surface area contributed by atoms with Gasteiger partial charge in [-0.3, -0.25) is 0 Å². The molecule has 26 heavy (non-hydrogen) atoms. The molecular formula is C20H20N4O2. The number of hydrogen-bond donors (Lipinski definition) is 3. The van der Waals surface area contributed by atoms with Crippen LogP contribution in [0, 0.1) is 20.8 Å². The highest BCUT2D eigenvalue weighted by molar-refractivity contribution is 5.95. The van der Waals surface area contributed by atoms with Crippen LogP contribution >= 0.6 is 0 Å². The second kappa shape index (κ2) is 7.23. The molecule has 6 heteroatoms. The number of para-hydroxylation sites is 1. The molecule has 0 unspecified atom stereocenters. The fraction of sp³-hybridized carbons (Fsp3) is 0.150. The summed E-state index contributed by atoms with van der Waals surface area (Å²) in [4.78, 5) is 20.1. The summed E-state index contributed by atoms with van der Waals surface area (Å²) in [7, 11) is 0. The third-order valence-corrected chi connectivity index (χ3v) is 4.04. The van der Waals surface area contributed by atoms with E-state index in [4.69, 9.17) is 0 Å². The molecule has 0 aliphatic rings. The Morgan fingerprint density at radius 1 is 0.885 bits per heavy atom. The van der Waals surface area contributed by atoms with Crippen LogP contribution in [0.25, 0.3) is 0 Å². The van der Waals surface area contributed by atoms with Gasteiger partial charge in [-0.1, -0.05) is 18.2 Å². The van der Waals surface area contributed by atoms with E-state index >= 15 is 0 Å². The van der Waals surface area contributed by atoms with E-state index in [2.05, 4.69) is 40.5 Å². The highest BCUT2D eigenvalue weighted by Gasteiger charge is 2.11. The van der Waals surface area contributed by atoms with Crippen molar-refractivity contribution in [2.75, 3.05) is 10.6 Å². The van der Waals surface area contributed by atoms with E-state index in [0.717, 1.165) is 5.69 Å². The minimum absolute atomic E-state index is 0.187. The largest absolute Gasteiger partial charge is 0.478 e. The first-order valence-corrected chi connectivity index (χ1v) is 8.21. The van der Waals surface area contributed by atoms with Crippen LogP contribution in [0.5, 0.6) is 0 Å². The van der Waals surface area contributed by atoms with Gasteiger partial charge in [-0.2, -0.15) is 0 Å². The summed E-state index contributed by atoms with van der Waals surface area (Å²) in [6.45, 7) is 5.91. The number of carboxylic acids is 1. The zero-order valence-electron chi connectivity index (χ0n) is 14.9. The van der Waals surface area contributed by atoms with Gasteiger partial charge in [0.25, 0.3) is 0 Å². The normalized spacial score (nSPS) is 10.4. The van der Waals surface area contributed by atoms with Crippen LogP contribution in [0.2, 0.25) is 0 Å². The number of hydrogen-bond acceptors (Lipinski definition) is 5. The van der Waals surface area contributed by atoms with Gasteiger partial charge in [-0.25, -0.2) is 14.8 Å². The topological polar surface area (TPSA) is 87.1 Å². The average molecular weight is 348 g/mol. The first-order chi connectivity index (χ1) is 12.4. The van der Waals surface area contributed by atoms with Crippen molar-refractivity contribution >= 4 is 29.0 Å². The minimum Gasteiger partial charge on any atom is -0.478 e. The van der Waals surface area contributed by atoms with Crippen molar-refractivity contribution in [2.45, 2.75) is 20.8 Å². The fourth-order valence-corrected chi connectivity index (χ4v) is 2.58. The van der Waals surface area contributed by atoms with Crippen LogP contribution in [-0.2, 0) is 0 Å². The number of aromatic carboxylic acids is 1. The lowest BCUT2D eigenvalue weighted by Gasteiger charge is -2.12. The minimum atomic E-state index is -0.993. The highest BCUT2D eigenvalue weighted by Crippen LogP contribution is 2.23. The summed E-state index contributed by atoms with van der Waals surface area (Å²) < 4.78 is 0. The average Bonchev–Trinajstić information content (AvgIpc) is 2.58. The van der Waals surface area contributed by atoms with Crippen molar-refractivity contribution in [3.63, 3.8) is 0 Å². The molecule has 0 atom stereocenters. The molecule has 0 saturated heterocycles. The second-order valence-electron chi connectivity index (χ2n) is 6.09. The molecular weight excluding hydrogens is 328 g/mol. The maximum absolute atomic E-state index is 11.4. The molecule has 0 aliphatic heterocycles.